The molecule has 1 aromatic carbocycles. The average molecular weight is 281 g/mol. The van der Waals surface area contributed by atoms with E-state index in [1.807, 2.05) is 0 Å². The molecule has 0 heterocycles. The van der Waals surface area contributed by atoms with Crippen molar-refractivity contribution in [3.05, 3.63) is 35.1 Å². The second-order valence-corrected chi connectivity index (χ2v) is 5.14. The van der Waals surface area contributed by atoms with E-state index in [0.29, 0.717) is 6.54 Å². The molecular formula is C16H24FNO2. The Labute approximate surface area is 120 Å². The lowest BCUT2D eigenvalue weighted by Crippen LogP contribution is -2.25. The molecule has 0 bridgehead atoms. The van der Waals surface area contributed by atoms with Crippen LogP contribution in [0.5, 0.6) is 0 Å². The lowest BCUT2D eigenvalue weighted by atomic mass is 10.1. The molecule has 0 unspecified atom stereocenters. The molecule has 20 heavy (non-hydrogen) atoms. The molecule has 0 aliphatic heterocycles. The number of nitrogens with zero attached hydrogens (tertiary/aromatic N) is 1. The van der Waals surface area contributed by atoms with E-state index in [2.05, 4.69) is 18.7 Å². The number of carbonyl (C=O) groups is 1. The average Bonchev–Trinajstić information content (AvgIpc) is 2.41. The maximum absolute atomic E-state index is 13.5. The van der Waals surface area contributed by atoms with E-state index in [1.165, 1.54) is 6.07 Å². The van der Waals surface area contributed by atoms with Gasteiger partial charge in [-0.1, -0.05) is 26.7 Å². The SMILES string of the molecule is CCCCN(CCCC)Cc1cc(F)cc(C(=O)O)c1. The van der Waals surface area contributed by atoms with Crippen LogP contribution in [0.15, 0.2) is 18.2 Å². The van der Waals surface area contributed by atoms with E-state index >= 15 is 0 Å². The zero-order valence-corrected chi connectivity index (χ0v) is 12.4. The van der Waals surface area contributed by atoms with Crippen molar-refractivity contribution in [2.45, 2.75) is 46.1 Å². The van der Waals surface area contributed by atoms with Crippen molar-refractivity contribution in [3.63, 3.8) is 0 Å². The van der Waals surface area contributed by atoms with Gasteiger partial charge >= 0.3 is 5.97 Å². The zero-order chi connectivity index (χ0) is 15.0. The van der Waals surface area contributed by atoms with Crippen LogP contribution in [0.25, 0.3) is 0 Å². The summed E-state index contributed by atoms with van der Waals surface area (Å²) in [6.45, 7) is 6.83. The number of hydrogen-bond donors (Lipinski definition) is 1. The summed E-state index contributed by atoms with van der Waals surface area (Å²) in [4.78, 5) is 13.2. The van der Waals surface area contributed by atoms with Gasteiger partial charge in [-0.3, -0.25) is 4.90 Å². The topological polar surface area (TPSA) is 40.5 Å². The molecular weight excluding hydrogens is 257 g/mol. The third-order valence-corrected chi connectivity index (χ3v) is 3.27. The molecule has 1 N–H and O–H groups in total. The molecule has 0 amide bonds. The predicted molar refractivity (Wildman–Crippen MR) is 78.5 cm³/mol. The smallest absolute Gasteiger partial charge is 0.335 e. The van der Waals surface area contributed by atoms with Gasteiger partial charge in [0.2, 0.25) is 0 Å². The van der Waals surface area contributed by atoms with Crippen LogP contribution in [0.3, 0.4) is 0 Å². The van der Waals surface area contributed by atoms with Crippen molar-refractivity contribution < 1.29 is 14.3 Å². The molecule has 3 nitrogen and oxygen atoms in total. The van der Waals surface area contributed by atoms with E-state index in [0.717, 1.165) is 50.4 Å². The molecule has 0 aliphatic rings. The monoisotopic (exact) mass is 281 g/mol. The number of hydrogen-bond acceptors (Lipinski definition) is 2. The maximum Gasteiger partial charge on any atom is 0.335 e. The Morgan fingerprint density at radius 3 is 2.25 bits per heavy atom. The van der Waals surface area contributed by atoms with Crippen molar-refractivity contribution in [1.29, 1.82) is 0 Å². The molecule has 0 fully saturated rings. The van der Waals surface area contributed by atoms with E-state index in [4.69, 9.17) is 5.11 Å². The fourth-order valence-corrected chi connectivity index (χ4v) is 2.16. The van der Waals surface area contributed by atoms with Crippen LogP contribution in [0, 0.1) is 5.82 Å². The minimum absolute atomic E-state index is 0.0194. The summed E-state index contributed by atoms with van der Waals surface area (Å²) < 4.78 is 13.5. The number of aromatic carboxylic acids is 1. The van der Waals surface area contributed by atoms with Crippen LogP contribution in [0.4, 0.5) is 4.39 Å². The van der Waals surface area contributed by atoms with Gasteiger partial charge < -0.3 is 5.11 Å². The van der Waals surface area contributed by atoms with Gasteiger partial charge in [-0.25, -0.2) is 9.18 Å². The molecule has 0 saturated carbocycles. The summed E-state index contributed by atoms with van der Waals surface area (Å²) in [6.07, 6.45) is 4.44. The quantitative estimate of drug-likeness (QED) is 0.745. The first-order chi connectivity index (χ1) is 9.56. The minimum atomic E-state index is -1.08. The number of rotatable bonds is 9. The Kier molecular flexibility index (Phi) is 7.23. The van der Waals surface area contributed by atoms with Crippen LogP contribution in [-0.4, -0.2) is 29.1 Å². The van der Waals surface area contributed by atoms with E-state index in [1.54, 1.807) is 6.07 Å². The fraction of sp³-hybridized carbons (Fsp3) is 0.562. The summed E-state index contributed by atoms with van der Waals surface area (Å²) in [7, 11) is 0. The molecule has 0 radical (unpaired) electrons. The fourth-order valence-electron chi connectivity index (χ4n) is 2.16. The highest BCUT2D eigenvalue weighted by Gasteiger charge is 2.10. The lowest BCUT2D eigenvalue weighted by molar-refractivity contribution is 0.0696. The van der Waals surface area contributed by atoms with E-state index in [-0.39, 0.29) is 5.56 Å². The summed E-state index contributed by atoms with van der Waals surface area (Å²) in [6, 6.07) is 4.06. The molecule has 0 spiro atoms. The highest BCUT2D eigenvalue weighted by molar-refractivity contribution is 5.87. The molecule has 0 atom stereocenters. The number of carboxylic acid groups (broad SMARTS) is 1. The number of unbranched alkanes of at least 4 members (excludes halogenated alkanes) is 2. The van der Waals surface area contributed by atoms with Gasteiger partial charge in [-0.2, -0.15) is 0 Å². The van der Waals surface area contributed by atoms with Gasteiger partial charge in [-0.05, 0) is 49.7 Å². The van der Waals surface area contributed by atoms with Crippen molar-refractivity contribution >= 4 is 5.97 Å². The van der Waals surface area contributed by atoms with Gasteiger partial charge in [0.1, 0.15) is 5.82 Å². The van der Waals surface area contributed by atoms with Gasteiger partial charge in [0.15, 0.2) is 0 Å². The molecule has 0 aromatic heterocycles. The number of benzene rings is 1. The molecule has 0 saturated heterocycles. The third-order valence-electron chi connectivity index (χ3n) is 3.27. The summed E-state index contributed by atoms with van der Waals surface area (Å²) in [5.41, 5.74) is 0.750. The first-order valence-corrected chi connectivity index (χ1v) is 7.32. The predicted octanol–water partition coefficient (Wildman–Crippen LogP) is 3.93. The van der Waals surface area contributed by atoms with E-state index in [9.17, 15) is 9.18 Å². The van der Waals surface area contributed by atoms with Crippen molar-refractivity contribution in [2.24, 2.45) is 0 Å². The Morgan fingerprint density at radius 1 is 1.15 bits per heavy atom. The molecule has 0 aliphatic carbocycles. The molecule has 1 aromatic rings. The standard InChI is InChI=1S/C16H24FNO2/c1-3-5-7-18(8-6-4-2)12-13-9-14(16(19)20)11-15(17)10-13/h9-11H,3-8,12H2,1-2H3,(H,19,20). The zero-order valence-electron chi connectivity index (χ0n) is 12.4. The van der Waals surface area contributed by atoms with Crippen LogP contribution in [0.2, 0.25) is 0 Å². The Bertz CT molecular complexity index is 426. The first-order valence-electron chi connectivity index (χ1n) is 7.32. The van der Waals surface area contributed by atoms with Crippen molar-refractivity contribution in [3.8, 4) is 0 Å². The normalized spacial score (nSPS) is 11.0. The Hall–Kier alpha value is -1.42. The number of carboxylic acids is 1. The maximum atomic E-state index is 13.5. The van der Waals surface area contributed by atoms with Crippen LogP contribution < -0.4 is 0 Å². The van der Waals surface area contributed by atoms with Crippen LogP contribution >= 0.6 is 0 Å². The number of halogens is 1. The van der Waals surface area contributed by atoms with Crippen molar-refractivity contribution in [1.82, 2.24) is 4.90 Å². The summed E-state index contributed by atoms with van der Waals surface area (Å²) >= 11 is 0. The van der Waals surface area contributed by atoms with Crippen LogP contribution in [0.1, 0.15) is 55.5 Å². The van der Waals surface area contributed by atoms with Gasteiger partial charge in [0, 0.05) is 6.54 Å². The minimum Gasteiger partial charge on any atom is -0.478 e. The highest BCUT2D eigenvalue weighted by atomic mass is 19.1. The Morgan fingerprint density at radius 2 is 1.75 bits per heavy atom. The van der Waals surface area contributed by atoms with Gasteiger partial charge in [0.25, 0.3) is 0 Å². The molecule has 4 heteroatoms. The second kappa shape index (κ2) is 8.69. The second-order valence-electron chi connectivity index (χ2n) is 5.14. The lowest BCUT2D eigenvalue weighted by Gasteiger charge is -2.22. The Balaban J connectivity index is 2.77. The summed E-state index contributed by atoms with van der Waals surface area (Å²) in [5.74, 6) is -1.56. The first kappa shape index (κ1) is 16.6. The third kappa shape index (κ3) is 5.70. The van der Waals surface area contributed by atoms with Crippen LogP contribution in [-0.2, 0) is 6.54 Å². The van der Waals surface area contributed by atoms with Gasteiger partial charge in [-0.15, -0.1) is 0 Å². The van der Waals surface area contributed by atoms with E-state index < -0.39 is 11.8 Å². The summed E-state index contributed by atoms with van der Waals surface area (Å²) in [5, 5.41) is 8.97. The molecule has 1 rings (SSSR count). The van der Waals surface area contributed by atoms with Gasteiger partial charge in [0.05, 0.1) is 5.56 Å². The van der Waals surface area contributed by atoms with Crippen molar-refractivity contribution in [2.75, 3.05) is 13.1 Å². The highest BCUT2D eigenvalue weighted by Crippen LogP contribution is 2.13. The largest absolute Gasteiger partial charge is 0.478 e. The molecule has 112 valence electrons.